The minimum atomic E-state index is 0.331. The Bertz CT molecular complexity index is 508. The lowest BCUT2D eigenvalue weighted by Gasteiger charge is -2.03. The molecule has 1 nitrogen and oxygen atoms in total. The third kappa shape index (κ3) is 0.844. The minimum absolute atomic E-state index is 0.331. The number of carbonyl (C=O) groups is 1. The van der Waals surface area contributed by atoms with Gasteiger partial charge in [0.2, 0.25) is 0 Å². The van der Waals surface area contributed by atoms with Crippen molar-refractivity contribution in [2.45, 2.75) is 19.3 Å². The van der Waals surface area contributed by atoms with Gasteiger partial charge in [-0.1, -0.05) is 24.3 Å². The summed E-state index contributed by atoms with van der Waals surface area (Å²) in [5, 5.41) is 2.52. The lowest BCUT2D eigenvalue weighted by molar-refractivity contribution is -0.113. The maximum Gasteiger partial charge on any atom is 0.163 e. The minimum Gasteiger partial charge on any atom is -0.294 e. The van der Waals surface area contributed by atoms with Crippen molar-refractivity contribution < 1.29 is 4.79 Å². The monoisotopic (exact) mass is 170 g/mol. The molecule has 1 aromatic carbocycles. The molecule has 64 valence electrons. The molecule has 0 fully saturated rings. The van der Waals surface area contributed by atoms with Gasteiger partial charge in [0.05, 0.1) is 0 Å². The van der Waals surface area contributed by atoms with Gasteiger partial charge in [-0.3, -0.25) is 4.79 Å². The van der Waals surface area contributed by atoms with E-state index in [0.29, 0.717) is 12.2 Å². The predicted octanol–water partition coefficient (Wildman–Crippen LogP) is 0.537. The maximum atomic E-state index is 11.6. The van der Waals surface area contributed by atoms with E-state index in [9.17, 15) is 4.79 Å². The third-order valence-electron chi connectivity index (χ3n) is 2.97. The van der Waals surface area contributed by atoms with Crippen LogP contribution in [0.1, 0.15) is 18.4 Å². The molecule has 0 saturated heterocycles. The zero-order valence-corrected chi connectivity index (χ0v) is 7.34. The van der Waals surface area contributed by atoms with Crippen LogP contribution in [0.2, 0.25) is 0 Å². The van der Waals surface area contributed by atoms with Crippen molar-refractivity contribution in [2.75, 3.05) is 0 Å². The zero-order chi connectivity index (χ0) is 8.84. The third-order valence-corrected chi connectivity index (χ3v) is 2.97. The van der Waals surface area contributed by atoms with Crippen LogP contribution in [0.15, 0.2) is 18.2 Å². The summed E-state index contributed by atoms with van der Waals surface area (Å²) in [4.78, 5) is 11.6. The fraction of sp³-hybridized carbons (Fsp3) is 0.250. The van der Waals surface area contributed by atoms with E-state index >= 15 is 0 Å². The van der Waals surface area contributed by atoms with Crippen LogP contribution >= 0.6 is 0 Å². The van der Waals surface area contributed by atoms with Gasteiger partial charge in [0.1, 0.15) is 0 Å². The highest BCUT2D eigenvalue weighted by Gasteiger charge is 2.20. The molecule has 0 aromatic heterocycles. The van der Waals surface area contributed by atoms with Crippen LogP contribution in [-0.4, -0.2) is 5.78 Å². The Morgan fingerprint density at radius 2 is 2.08 bits per heavy atom. The second kappa shape index (κ2) is 2.32. The second-order valence-electron chi connectivity index (χ2n) is 3.69. The number of benzene rings is 1. The lowest BCUT2D eigenvalue weighted by atomic mass is 10.00. The number of carbonyl (C=O) groups excluding carboxylic acids is 1. The Morgan fingerprint density at radius 3 is 3.00 bits per heavy atom. The van der Waals surface area contributed by atoms with E-state index < -0.39 is 0 Å². The van der Waals surface area contributed by atoms with Gasteiger partial charge in [-0.15, -0.1) is 0 Å². The fourth-order valence-electron chi connectivity index (χ4n) is 2.36. The van der Waals surface area contributed by atoms with Crippen molar-refractivity contribution in [3.63, 3.8) is 0 Å². The van der Waals surface area contributed by atoms with E-state index in [1.54, 1.807) is 0 Å². The summed E-state index contributed by atoms with van der Waals surface area (Å²) in [5.74, 6) is 0.331. The summed E-state index contributed by atoms with van der Waals surface area (Å²) in [6.45, 7) is 0. The van der Waals surface area contributed by atoms with Crippen molar-refractivity contribution in [1.82, 2.24) is 0 Å². The van der Waals surface area contributed by atoms with Gasteiger partial charge >= 0.3 is 0 Å². The predicted molar refractivity (Wildman–Crippen MR) is 51.5 cm³/mol. The van der Waals surface area contributed by atoms with Crippen molar-refractivity contribution in [1.29, 1.82) is 0 Å². The molecule has 0 radical (unpaired) electrons. The number of rotatable bonds is 0. The SMILES string of the molecule is O=C1CC=c2cccc3c2=C1CC3. The van der Waals surface area contributed by atoms with E-state index in [-0.39, 0.29) is 0 Å². The molecule has 3 rings (SSSR count). The van der Waals surface area contributed by atoms with E-state index in [2.05, 4.69) is 24.3 Å². The van der Waals surface area contributed by atoms with Crippen molar-refractivity contribution >= 4 is 17.4 Å². The molecule has 0 amide bonds. The van der Waals surface area contributed by atoms with E-state index in [0.717, 1.165) is 18.4 Å². The van der Waals surface area contributed by atoms with Crippen LogP contribution in [0.25, 0.3) is 11.6 Å². The van der Waals surface area contributed by atoms with Crippen molar-refractivity contribution in [2.24, 2.45) is 0 Å². The highest BCUT2D eigenvalue weighted by atomic mass is 16.1. The van der Waals surface area contributed by atoms with Crippen LogP contribution in [-0.2, 0) is 11.2 Å². The van der Waals surface area contributed by atoms with E-state index in [4.69, 9.17) is 0 Å². The molecule has 0 N–H and O–H groups in total. The van der Waals surface area contributed by atoms with E-state index in [1.807, 2.05) is 0 Å². The normalized spacial score (nSPS) is 18.5. The smallest absolute Gasteiger partial charge is 0.163 e. The first kappa shape index (κ1) is 7.07. The van der Waals surface area contributed by atoms with Gasteiger partial charge in [0.25, 0.3) is 0 Å². The average Bonchev–Trinajstić information content (AvgIpc) is 2.57. The Balaban J connectivity index is 2.56. The molecule has 2 aliphatic rings. The molecule has 0 aliphatic heterocycles. The highest BCUT2D eigenvalue weighted by molar-refractivity contribution is 6.18. The molecule has 13 heavy (non-hydrogen) atoms. The summed E-state index contributed by atoms with van der Waals surface area (Å²) in [6, 6.07) is 6.33. The molecule has 2 aliphatic carbocycles. The molecule has 0 heterocycles. The Kier molecular flexibility index (Phi) is 1.26. The summed E-state index contributed by atoms with van der Waals surface area (Å²) >= 11 is 0. The van der Waals surface area contributed by atoms with Crippen molar-refractivity contribution in [3.8, 4) is 0 Å². The molecular formula is C12H10O. The van der Waals surface area contributed by atoms with Gasteiger partial charge in [-0.2, -0.15) is 0 Å². The largest absolute Gasteiger partial charge is 0.294 e. The first-order valence-electron chi connectivity index (χ1n) is 4.71. The quantitative estimate of drug-likeness (QED) is 0.555. The molecule has 0 bridgehead atoms. The number of ketones is 1. The number of hydrogen-bond donors (Lipinski definition) is 0. The molecule has 1 aromatic rings. The zero-order valence-electron chi connectivity index (χ0n) is 7.34. The van der Waals surface area contributed by atoms with Crippen LogP contribution in [0.5, 0.6) is 0 Å². The Hall–Kier alpha value is -1.37. The summed E-state index contributed by atoms with van der Waals surface area (Å²) in [5.41, 5.74) is 2.44. The highest BCUT2D eigenvalue weighted by Crippen LogP contribution is 2.17. The summed E-state index contributed by atoms with van der Waals surface area (Å²) in [6.07, 6.45) is 4.67. The summed E-state index contributed by atoms with van der Waals surface area (Å²) < 4.78 is 0. The molecule has 0 saturated carbocycles. The number of Topliss-reactive ketones (excluding diaryl/α,β-unsaturated/α-hetero) is 1. The van der Waals surface area contributed by atoms with Gasteiger partial charge in [0, 0.05) is 12.0 Å². The standard InChI is InChI=1S/C12H10O/c13-11-7-5-9-3-1-2-8-4-6-10(11)12(8)9/h1-3,5H,4,6-7H2. The van der Waals surface area contributed by atoms with Gasteiger partial charge < -0.3 is 0 Å². The van der Waals surface area contributed by atoms with Gasteiger partial charge in [0.15, 0.2) is 5.78 Å². The van der Waals surface area contributed by atoms with Crippen molar-refractivity contribution in [3.05, 3.63) is 34.2 Å². The molecular weight excluding hydrogens is 160 g/mol. The fourth-order valence-corrected chi connectivity index (χ4v) is 2.36. The molecule has 1 heteroatoms. The van der Waals surface area contributed by atoms with Crippen LogP contribution < -0.4 is 10.4 Å². The average molecular weight is 170 g/mol. The first-order chi connectivity index (χ1) is 6.36. The van der Waals surface area contributed by atoms with Crippen LogP contribution in [0, 0.1) is 0 Å². The molecule has 0 atom stereocenters. The van der Waals surface area contributed by atoms with Crippen LogP contribution in [0.3, 0.4) is 0 Å². The lowest BCUT2D eigenvalue weighted by Crippen LogP contribution is -2.32. The van der Waals surface area contributed by atoms with Gasteiger partial charge in [-0.05, 0) is 28.8 Å². The topological polar surface area (TPSA) is 17.1 Å². The number of aryl methyl sites for hydroxylation is 1. The van der Waals surface area contributed by atoms with Gasteiger partial charge in [-0.25, -0.2) is 0 Å². The maximum absolute atomic E-state index is 11.6. The number of hydrogen-bond acceptors (Lipinski definition) is 1. The first-order valence-corrected chi connectivity index (χ1v) is 4.71. The Morgan fingerprint density at radius 1 is 1.15 bits per heavy atom. The molecule has 0 spiro atoms. The Labute approximate surface area is 76.4 Å². The molecule has 0 unspecified atom stereocenters. The van der Waals surface area contributed by atoms with Crippen LogP contribution in [0.4, 0.5) is 0 Å². The van der Waals surface area contributed by atoms with E-state index in [1.165, 1.54) is 16.0 Å². The second-order valence-corrected chi connectivity index (χ2v) is 3.69. The summed E-state index contributed by atoms with van der Waals surface area (Å²) in [7, 11) is 0.